The molecule has 3 heteroatoms. The van der Waals surface area contributed by atoms with Crippen LogP contribution in [-0.4, -0.2) is 18.4 Å². The zero-order chi connectivity index (χ0) is 8.27. The fourth-order valence-electron chi connectivity index (χ4n) is 1.05. The van der Waals surface area contributed by atoms with Crippen molar-refractivity contribution < 1.29 is 14.3 Å². The van der Waals surface area contributed by atoms with E-state index in [9.17, 15) is 9.59 Å². The van der Waals surface area contributed by atoms with Gasteiger partial charge in [-0.3, -0.25) is 4.79 Å². The van der Waals surface area contributed by atoms with Gasteiger partial charge in [-0.25, -0.2) is 0 Å². The molecule has 0 aromatic carbocycles. The quantitative estimate of drug-likeness (QED) is 0.450. The monoisotopic (exact) mass is 156 g/mol. The molecule has 0 saturated heterocycles. The molecule has 0 bridgehead atoms. The summed E-state index contributed by atoms with van der Waals surface area (Å²) in [5.41, 5.74) is 0. The molecule has 11 heavy (non-hydrogen) atoms. The van der Waals surface area contributed by atoms with E-state index in [1.54, 1.807) is 6.92 Å². The highest BCUT2D eigenvalue weighted by Gasteiger charge is 2.33. The van der Waals surface area contributed by atoms with Gasteiger partial charge < -0.3 is 9.53 Å². The molecule has 1 aliphatic rings. The molecule has 1 rings (SSSR count). The van der Waals surface area contributed by atoms with Crippen LogP contribution in [0.1, 0.15) is 26.2 Å². The largest absolute Gasteiger partial charge is 0.462 e. The Balaban J connectivity index is 2.27. The second-order valence-electron chi connectivity index (χ2n) is 2.76. The average Bonchev–Trinajstić information content (AvgIpc) is 1.98. The summed E-state index contributed by atoms with van der Waals surface area (Å²) in [6.07, 6.45) is 2.85. The molecule has 0 aromatic heterocycles. The van der Waals surface area contributed by atoms with E-state index in [1.165, 1.54) is 0 Å². The minimum Gasteiger partial charge on any atom is -0.462 e. The first-order chi connectivity index (χ1) is 5.27. The number of carbonyl (C=O) groups excluding carboxylic acids is 2. The van der Waals surface area contributed by atoms with Crippen molar-refractivity contribution in [2.75, 3.05) is 0 Å². The summed E-state index contributed by atoms with van der Waals surface area (Å²) >= 11 is 0. The van der Waals surface area contributed by atoms with Crippen molar-refractivity contribution in [2.24, 2.45) is 5.92 Å². The maximum absolute atomic E-state index is 10.7. The van der Waals surface area contributed by atoms with Crippen molar-refractivity contribution >= 4 is 12.3 Å². The Bertz CT molecular complexity index is 165. The lowest BCUT2D eigenvalue weighted by Gasteiger charge is -2.31. The summed E-state index contributed by atoms with van der Waals surface area (Å²) in [5, 5.41) is 0. The maximum atomic E-state index is 10.7. The summed E-state index contributed by atoms with van der Waals surface area (Å²) in [4.78, 5) is 21.0. The van der Waals surface area contributed by atoms with Gasteiger partial charge in [-0.2, -0.15) is 0 Å². The van der Waals surface area contributed by atoms with Crippen molar-refractivity contribution in [1.82, 2.24) is 0 Å². The molecule has 62 valence electrons. The van der Waals surface area contributed by atoms with E-state index in [2.05, 4.69) is 0 Å². The van der Waals surface area contributed by atoms with Crippen LogP contribution in [-0.2, 0) is 14.3 Å². The lowest BCUT2D eigenvalue weighted by atomic mass is 9.83. The van der Waals surface area contributed by atoms with Crippen LogP contribution in [0.2, 0.25) is 0 Å². The van der Waals surface area contributed by atoms with Gasteiger partial charge in [0.1, 0.15) is 12.4 Å². The lowest BCUT2D eigenvalue weighted by Crippen LogP contribution is -2.36. The predicted octanol–water partition coefficient (Wildman–Crippen LogP) is 0.917. The molecule has 0 radical (unpaired) electrons. The first-order valence-corrected chi connectivity index (χ1v) is 3.92. The highest BCUT2D eigenvalue weighted by molar-refractivity contribution is 5.70. The molecule has 0 aromatic rings. The van der Waals surface area contributed by atoms with Crippen LogP contribution in [0.25, 0.3) is 0 Å². The number of rotatable bonds is 3. The van der Waals surface area contributed by atoms with Crippen LogP contribution in [0.5, 0.6) is 0 Å². The lowest BCUT2D eigenvalue weighted by molar-refractivity contribution is -0.158. The van der Waals surface area contributed by atoms with Crippen LogP contribution in [0.15, 0.2) is 0 Å². The third-order valence-electron chi connectivity index (χ3n) is 2.01. The second kappa shape index (κ2) is 3.51. The van der Waals surface area contributed by atoms with Crippen molar-refractivity contribution in [3.8, 4) is 0 Å². The Kier molecular flexibility index (Phi) is 2.63. The van der Waals surface area contributed by atoms with Gasteiger partial charge in [-0.15, -0.1) is 0 Å². The zero-order valence-corrected chi connectivity index (χ0v) is 6.58. The molecule has 0 aliphatic heterocycles. The van der Waals surface area contributed by atoms with E-state index < -0.39 is 0 Å². The number of hydrogen-bond donors (Lipinski definition) is 0. The molecule has 0 spiro atoms. The molecule has 0 unspecified atom stereocenters. The second-order valence-corrected chi connectivity index (χ2v) is 2.76. The summed E-state index contributed by atoms with van der Waals surface area (Å²) in [6.45, 7) is 1.75. The average molecular weight is 156 g/mol. The maximum Gasteiger partial charge on any atom is 0.305 e. The van der Waals surface area contributed by atoms with Gasteiger partial charge >= 0.3 is 5.97 Å². The Hall–Kier alpha value is -0.860. The molecule has 1 aliphatic carbocycles. The van der Waals surface area contributed by atoms with Crippen LogP contribution < -0.4 is 0 Å². The third-order valence-corrected chi connectivity index (χ3v) is 2.01. The van der Waals surface area contributed by atoms with E-state index in [0.29, 0.717) is 6.42 Å². The van der Waals surface area contributed by atoms with Gasteiger partial charge in [0.25, 0.3) is 0 Å². The molecule has 0 N–H and O–H groups in total. The van der Waals surface area contributed by atoms with Gasteiger partial charge in [0, 0.05) is 6.42 Å². The Morgan fingerprint density at radius 1 is 1.64 bits per heavy atom. The fraction of sp³-hybridized carbons (Fsp3) is 0.750. The van der Waals surface area contributed by atoms with E-state index >= 15 is 0 Å². The zero-order valence-electron chi connectivity index (χ0n) is 6.58. The molecule has 0 amide bonds. The number of carbonyl (C=O) groups is 2. The Morgan fingerprint density at radius 2 is 2.36 bits per heavy atom. The minimum atomic E-state index is -0.207. The van der Waals surface area contributed by atoms with Crippen molar-refractivity contribution in [3.05, 3.63) is 0 Å². The highest BCUT2D eigenvalue weighted by atomic mass is 16.5. The summed E-state index contributed by atoms with van der Waals surface area (Å²) in [6, 6.07) is 0. The summed E-state index contributed by atoms with van der Waals surface area (Å²) < 4.78 is 4.97. The van der Waals surface area contributed by atoms with Gasteiger partial charge in [-0.05, 0) is 12.8 Å². The molecule has 1 saturated carbocycles. The molecule has 1 fully saturated rings. The van der Waals surface area contributed by atoms with Crippen LogP contribution in [0.4, 0.5) is 0 Å². The van der Waals surface area contributed by atoms with Gasteiger partial charge in [0.15, 0.2) is 0 Å². The smallest absolute Gasteiger partial charge is 0.305 e. The minimum absolute atomic E-state index is 0.0366. The number of hydrogen-bond acceptors (Lipinski definition) is 3. The van der Waals surface area contributed by atoms with E-state index in [1.807, 2.05) is 0 Å². The Morgan fingerprint density at radius 3 is 2.73 bits per heavy atom. The first kappa shape index (κ1) is 8.24. The number of aldehydes is 1. The molecule has 2 atom stereocenters. The van der Waals surface area contributed by atoms with Crippen molar-refractivity contribution in [2.45, 2.75) is 32.3 Å². The van der Waals surface area contributed by atoms with E-state index in [4.69, 9.17) is 4.74 Å². The normalized spacial score (nSPS) is 28.8. The van der Waals surface area contributed by atoms with Crippen molar-refractivity contribution in [3.63, 3.8) is 0 Å². The number of ether oxygens (including phenoxy) is 1. The number of esters is 1. The van der Waals surface area contributed by atoms with E-state index in [-0.39, 0.29) is 18.0 Å². The van der Waals surface area contributed by atoms with Gasteiger partial charge in [-0.1, -0.05) is 6.92 Å². The predicted molar refractivity (Wildman–Crippen MR) is 39.0 cm³/mol. The van der Waals surface area contributed by atoms with Gasteiger partial charge in [0.05, 0.1) is 5.92 Å². The molecule has 0 heterocycles. The Labute approximate surface area is 65.7 Å². The third kappa shape index (κ3) is 1.79. The highest BCUT2D eigenvalue weighted by Crippen LogP contribution is 2.28. The van der Waals surface area contributed by atoms with Gasteiger partial charge in [0.2, 0.25) is 0 Å². The molecule has 3 nitrogen and oxygen atoms in total. The summed E-state index contributed by atoms with van der Waals surface area (Å²) in [7, 11) is 0. The topological polar surface area (TPSA) is 43.4 Å². The van der Waals surface area contributed by atoms with E-state index in [0.717, 1.165) is 19.1 Å². The van der Waals surface area contributed by atoms with Crippen molar-refractivity contribution in [1.29, 1.82) is 0 Å². The van der Waals surface area contributed by atoms with Crippen LogP contribution >= 0.6 is 0 Å². The molecular weight excluding hydrogens is 144 g/mol. The first-order valence-electron chi connectivity index (χ1n) is 3.92. The standard InChI is InChI=1S/C8H12O3/c1-2-8(10)11-7-4-3-6(7)5-9/h5-7H,2-4H2,1H3/t6-,7+/m0/s1. The SMILES string of the molecule is CCC(=O)O[C@@H]1CC[C@H]1C=O. The van der Waals surface area contributed by atoms with Crippen LogP contribution in [0.3, 0.4) is 0 Å². The fourth-order valence-corrected chi connectivity index (χ4v) is 1.05. The molecular formula is C8H12O3. The summed E-state index contributed by atoms with van der Waals surface area (Å²) in [5.74, 6) is -0.243. The van der Waals surface area contributed by atoms with Crippen LogP contribution in [0, 0.1) is 5.92 Å².